The highest BCUT2D eigenvalue weighted by molar-refractivity contribution is 7.92. The second-order valence-corrected chi connectivity index (χ2v) is 11.1. The van der Waals surface area contributed by atoms with Crippen LogP contribution in [0.1, 0.15) is 36.8 Å². The van der Waals surface area contributed by atoms with Gasteiger partial charge in [0.2, 0.25) is 20.0 Å². The Kier molecular flexibility index (Phi) is 5.59. The second kappa shape index (κ2) is 7.61. The summed E-state index contributed by atoms with van der Waals surface area (Å²) in [7, 11) is -6.91. The number of thiophene rings is 1. The topological polar surface area (TPSA) is 95.9 Å². The monoisotopic (exact) mass is 427 g/mol. The van der Waals surface area contributed by atoms with Gasteiger partial charge in [-0.2, -0.15) is 9.52 Å². The highest BCUT2D eigenvalue weighted by Crippen LogP contribution is 2.37. The molecule has 1 aliphatic rings. The van der Waals surface area contributed by atoms with E-state index in [4.69, 9.17) is 0 Å². The third-order valence-corrected chi connectivity index (χ3v) is 8.16. The van der Waals surface area contributed by atoms with Crippen molar-refractivity contribution in [1.82, 2.24) is 4.41 Å². The maximum atomic E-state index is 12.5. The van der Waals surface area contributed by atoms with Gasteiger partial charge in [0, 0.05) is 17.0 Å². The van der Waals surface area contributed by atoms with Crippen LogP contribution in [0.15, 0.2) is 46.9 Å². The van der Waals surface area contributed by atoms with Crippen LogP contribution >= 0.6 is 11.3 Å². The molecule has 0 radical (unpaired) electrons. The van der Waals surface area contributed by atoms with Crippen LogP contribution in [-0.2, 0) is 20.0 Å². The molecule has 0 aliphatic carbocycles. The van der Waals surface area contributed by atoms with E-state index in [9.17, 15) is 16.8 Å². The number of sulfonamides is 2. The Balaban J connectivity index is 1.96. The molecular formula is C17H21N3O4S3. The van der Waals surface area contributed by atoms with E-state index < -0.39 is 20.0 Å². The summed E-state index contributed by atoms with van der Waals surface area (Å²) in [6.07, 6.45) is 0.434. The van der Waals surface area contributed by atoms with Crippen LogP contribution in [0, 0.1) is 0 Å². The lowest BCUT2D eigenvalue weighted by atomic mass is 10.0. The number of benzene rings is 1. The molecule has 10 heteroatoms. The zero-order valence-electron chi connectivity index (χ0n) is 15.0. The van der Waals surface area contributed by atoms with Gasteiger partial charge in [-0.15, -0.1) is 11.3 Å². The smallest absolute Gasteiger partial charge is 0.250 e. The first-order valence-electron chi connectivity index (χ1n) is 8.49. The Morgan fingerprint density at radius 2 is 1.93 bits per heavy atom. The maximum absolute atomic E-state index is 12.5. The second-order valence-electron chi connectivity index (χ2n) is 6.04. The first-order chi connectivity index (χ1) is 12.8. The fraction of sp³-hybridized carbons (Fsp3) is 0.353. The number of hydrogen-bond donors (Lipinski definition) is 1. The van der Waals surface area contributed by atoms with Crippen molar-refractivity contribution >= 4 is 42.8 Å². The summed E-state index contributed by atoms with van der Waals surface area (Å²) in [5, 5.41) is 6.29. The molecule has 1 N–H and O–H groups in total. The molecule has 2 aromatic rings. The van der Waals surface area contributed by atoms with Crippen molar-refractivity contribution in [3.05, 3.63) is 52.2 Å². The predicted molar refractivity (Wildman–Crippen MR) is 109 cm³/mol. The van der Waals surface area contributed by atoms with E-state index in [0.717, 1.165) is 4.88 Å². The Morgan fingerprint density at radius 3 is 2.56 bits per heavy atom. The summed E-state index contributed by atoms with van der Waals surface area (Å²) in [5.41, 5.74) is 1.74. The van der Waals surface area contributed by atoms with E-state index in [2.05, 4.69) is 9.82 Å². The van der Waals surface area contributed by atoms with Crippen molar-refractivity contribution in [2.45, 2.75) is 26.3 Å². The molecule has 7 nitrogen and oxygen atoms in total. The first kappa shape index (κ1) is 19.8. The molecule has 3 rings (SSSR count). The molecule has 0 unspecified atom stereocenters. The van der Waals surface area contributed by atoms with Crippen LogP contribution in [0.25, 0.3) is 0 Å². The van der Waals surface area contributed by atoms with Crippen LogP contribution in [0.5, 0.6) is 0 Å². The van der Waals surface area contributed by atoms with E-state index in [0.29, 0.717) is 23.4 Å². The van der Waals surface area contributed by atoms with Gasteiger partial charge in [0.15, 0.2) is 0 Å². The predicted octanol–water partition coefficient (Wildman–Crippen LogP) is 3.01. The zero-order chi connectivity index (χ0) is 19.7. The average Bonchev–Trinajstić information content (AvgIpc) is 3.31. The summed E-state index contributed by atoms with van der Waals surface area (Å²) >= 11 is 1.49. The standard InChI is InChI=1S/C17H21N3O4S3/c1-3-26(21,22)19-14-8-5-7-13(11-14)15-12-16(17-9-6-10-25-17)20(18-15)27(23,24)4-2/h5-11,16,19H,3-4,12H2,1-2H3/t16-/m0/s1. The molecule has 2 heterocycles. The molecule has 1 aliphatic heterocycles. The van der Waals surface area contributed by atoms with E-state index in [1.807, 2.05) is 17.5 Å². The summed E-state index contributed by atoms with van der Waals surface area (Å²) in [4.78, 5) is 0.925. The number of rotatable bonds is 7. The minimum absolute atomic E-state index is 0.0266. The molecule has 146 valence electrons. The third-order valence-electron chi connectivity index (χ3n) is 4.24. The Morgan fingerprint density at radius 1 is 1.15 bits per heavy atom. The summed E-state index contributed by atoms with van der Waals surface area (Å²) in [6.45, 7) is 3.15. The maximum Gasteiger partial charge on any atom is 0.250 e. The van der Waals surface area contributed by atoms with Crippen LogP contribution < -0.4 is 4.72 Å². The molecule has 0 bridgehead atoms. The highest BCUT2D eigenvalue weighted by Gasteiger charge is 2.36. The third kappa shape index (κ3) is 4.33. The van der Waals surface area contributed by atoms with Crippen molar-refractivity contribution in [2.75, 3.05) is 16.2 Å². The van der Waals surface area contributed by atoms with Crippen molar-refractivity contribution < 1.29 is 16.8 Å². The highest BCUT2D eigenvalue weighted by atomic mass is 32.2. The van der Waals surface area contributed by atoms with Crippen molar-refractivity contribution in [3.63, 3.8) is 0 Å². The molecular weight excluding hydrogens is 406 g/mol. The van der Waals surface area contributed by atoms with Gasteiger partial charge >= 0.3 is 0 Å². The normalized spacial score (nSPS) is 17.8. The number of hydrazone groups is 1. The fourth-order valence-electron chi connectivity index (χ4n) is 2.76. The molecule has 0 fully saturated rings. The minimum Gasteiger partial charge on any atom is -0.284 e. The molecule has 1 aromatic heterocycles. The van der Waals surface area contributed by atoms with E-state index in [1.165, 1.54) is 15.8 Å². The number of nitrogens with one attached hydrogen (secondary N) is 1. The molecule has 0 saturated heterocycles. The van der Waals surface area contributed by atoms with Crippen LogP contribution in [0.4, 0.5) is 5.69 Å². The summed E-state index contributed by atoms with van der Waals surface area (Å²) in [6, 6.07) is 10.3. The van der Waals surface area contributed by atoms with Crippen molar-refractivity contribution in [3.8, 4) is 0 Å². The van der Waals surface area contributed by atoms with Crippen molar-refractivity contribution in [2.24, 2.45) is 5.10 Å². The molecule has 1 aromatic carbocycles. The SMILES string of the molecule is CCS(=O)(=O)Nc1cccc(C2=NN(S(=O)(=O)CC)[C@H](c3cccs3)C2)c1. The fourth-order valence-corrected chi connectivity index (χ4v) is 5.33. The van der Waals surface area contributed by atoms with E-state index in [1.54, 1.807) is 38.1 Å². The van der Waals surface area contributed by atoms with Gasteiger partial charge in [0.25, 0.3) is 0 Å². The van der Waals surface area contributed by atoms with E-state index in [-0.39, 0.29) is 17.5 Å². The van der Waals surface area contributed by atoms with Gasteiger partial charge in [-0.25, -0.2) is 16.8 Å². The number of hydrogen-bond acceptors (Lipinski definition) is 6. The quantitative estimate of drug-likeness (QED) is 0.735. The Bertz CT molecular complexity index is 1040. The average molecular weight is 428 g/mol. The van der Waals surface area contributed by atoms with Gasteiger partial charge in [-0.1, -0.05) is 18.2 Å². The van der Waals surface area contributed by atoms with Gasteiger partial charge in [0.05, 0.1) is 17.2 Å². The van der Waals surface area contributed by atoms with Gasteiger partial charge in [-0.05, 0) is 43.0 Å². The summed E-state index contributed by atoms with van der Waals surface area (Å²) < 4.78 is 52.3. The lowest BCUT2D eigenvalue weighted by molar-refractivity contribution is 0.376. The largest absolute Gasteiger partial charge is 0.284 e. The lowest BCUT2D eigenvalue weighted by Gasteiger charge is -2.21. The van der Waals surface area contributed by atoms with E-state index >= 15 is 0 Å². The Hall–Kier alpha value is -1.91. The number of anilines is 1. The van der Waals surface area contributed by atoms with Crippen LogP contribution in [0.3, 0.4) is 0 Å². The molecule has 0 amide bonds. The van der Waals surface area contributed by atoms with Crippen LogP contribution in [-0.4, -0.2) is 38.5 Å². The van der Waals surface area contributed by atoms with Gasteiger partial charge in [-0.3, -0.25) is 4.72 Å². The molecule has 27 heavy (non-hydrogen) atoms. The minimum atomic E-state index is -3.52. The molecule has 0 spiro atoms. The number of nitrogens with zero attached hydrogens (tertiary/aromatic N) is 2. The summed E-state index contributed by atoms with van der Waals surface area (Å²) in [5.74, 6) is -0.0663. The zero-order valence-corrected chi connectivity index (χ0v) is 17.4. The Labute approximate surface area is 163 Å². The van der Waals surface area contributed by atoms with Crippen LogP contribution in [0.2, 0.25) is 0 Å². The molecule has 1 atom stereocenters. The van der Waals surface area contributed by atoms with Gasteiger partial charge in [0.1, 0.15) is 6.04 Å². The van der Waals surface area contributed by atoms with Crippen molar-refractivity contribution in [1.29, 1.82) is 0 Å². The van der Waals surface area contributed by atoms with Gasteiger partial charge < -0.3 is 0 Å². The first-order valence-corrected chi connectivity index (χ1v) is 12.6. The molecule has 0 saturated carbocycles. The lowest BCUT2D eigenvalue weighted by Crippen LogP contribution is -2.28.